The number of nitrogens with zero attached hydrogens (tertiary/aromatic N) is 1. The minimum absolute atomic E-state index is 0.241. The Morgan fingerprint density at radius 2 is 2.00 bits per heavy atom. The number of anilines is 1. The van der Waals surface area contributed by atoms with E-state index >= 15 is 0 Å². The lowest BCUT2D eigenvalue weighted by Gasteiger charge is -2.11. The maximum Gasteiger partial charge on any atom is 0.319 e. The first-order chi connectivity index (χ1) is 12.0. The van der Waals surface area contributed by atoms with Gasteiger partial charge in [0.25, 0.3) is 5.91 Å². The van der Waals surface area contributed by atoms with Crippen molar-refractivity contribution in [2.75, 3.05) is 11.9 Å². The number of ether oxygens (including phenoxy) is 1. The minimum Gasteiger partial charge on any atom is -0.455 e. The fourth-order valence-electron chi connectivity index (χ4n) is 1.89. The molecule has 5 nitrogen and oxygen atoms in total. The molecular formula is C18H15ClN2O3S. The number of benzene rings is 2. The number of thioether (sulfide) groups is 1. The van der Waals surface area contributed by atoms with Crippen molar-refractivity contribution in [1.82, 2.24) is 0 Å². The first-order valence-corrected chi connectivity index (χ1v) is 8.63. The number of esters is 1. The SMILES string of the molecule is C[C@H](Sc1ccccc1)C(=O)OCC(=O)Nc1ccc(C#N)c(Cl)c1. The highest BCUT2D eigenvalue weighted by Crippen LogP contribution is 2.23. The van der Waals surface area contributed by atoms with E-state index in [-0.39, 0.29) is 5.02 Å². The molecule has 0 fully saturated rings. The van der Waals surface area contributed by atoms with Crippen molar-refractivity contribution in [2.45, 2.75) is 17.1 Å². The summed E-state index contributed by atoms with van der Waals surface area (Å²) in [6.45, 7) is 1.33. The maximum atomic E-state index is 12.0. The number of nitrogens with one attached hydrogen (secondary N) is 1. The van der Waals surface area contributed by atoms with E-state index in [1.54, 1.807) is 13.0 Å². The van der Waals surface area contributed by atoms with Crippen molar-refractivity contribution in [3.8, 4) is 6.07 Å². The summed E-state index contributed by atoms with van der Waals surface area (Å²) in [4.78, 5) is 24.8. The summed E-state index contributed by atoms with van der Waals surface area (Å²) in [7, 11) is 0. The highest BCUT2D eigenvalue weighted by atomic mass is 35.5. The Kier molecular flexibility index (Phi) is 6.87. The first kappa shape index (κ1) is 18.8. The van der Waals surface area contributed by atoms with Gasteiger partial charge >= 0.3 is 5.97 Å². The fraction of sp³-hybridized carbons (Fsp3) is 0.167. The third-order valence-electron chi connectivity index (χ3n) is 3.11. The van der Waals surface area contributed by atoms with Gasteiger partial charge < -0.3 is 10.1 Å². The van der Waals surface area contributed by atoms with Crippen LogP contribution in [-0.2, 0) is 14.3 Å². The highest BCUT2D eigenvalue weighted by Gasteiger charge is 2.17. The zero-order valence-electron chi connectivity index (χ0n) is 13.4. The van der Waals surface area contributed by atoms with E-state index in [9.17, 15) is 9.59 Å². The molecular weight excluding hydrogens is 360 g/mol. The Morgan fingerprint density at radius 3 is 2.64 bits per heavy atom. The van der Waals surface area contributed by atoms with E-state index in [4.69, 9.17) is 21.6 Å². The third kappa shape index (κ3) is 5.82. The van der Waals surface area contributed by atoms with Crippen LogP contribution in [0.25, 0.3) is 0 Å². The molecule has 2 rings (SSSR count). The van der Waals surface area contributed by atoms with Gasteiger partial charge in [0.1, 0.15) is 11.3 Å². The summed E-state index contributed by atoms with van der Waals surface area (Å²) in [6.07, 6.45) is 0. The average molecular weight is 375 g/mol. The van der Waals surface area contributed by atoms with Crippen LogP contribution in [0, 0.1) is 11.3 Å². The summed E-state index contributed by atoms with van der Waals surface area (Å²) >= 11 is 7.26. The van der Waals surface area contributed by atoms with Crippen LogP contribution in [0.15, 0.2) is 53.4 Å². The fourth-order valence-corrected chi connectivity index (χ4v) is 3.00. The number of halogens is 1. The van der Waals surface area contributed by atoms with Crippen LogP contribution in [0.5, 0.6) is 0 Å². The summed E-state index contributed by atoms with van der Waals surface area (Å²) in [6, 6.07) is 15.9. The normalized spacial score (nSPS) is 11.2. The molecule has 0 aromatic heterocycles. The second-order valence-electron chi connectivity index (χ2n) is 5.04. The summed E-state index contributed by atoms with van der Waals surface area (Å²) in [5.41, 5.74) is 0.745. The molecule has 25 heavy (non-hydrogen) atoms. The van der Waals surface area contributed by atoms with Crippen molar-refractivity contribution in [2.24, 2.45) is 0 Å². The summed E-state index contributed by atoms with van der Waals surface area (Å²) in [5.74, 6) is -0.951. The Morgan fingerprint density at radius 1 is 1.28 bits per heavy atom. The Balaban J connectivity index is 1.82. The van der Waals surface area contributed by atoms with Crippen LogP contribution in [0.4, 0.5) is 5.69 Å². The molecule has 0 aliphatic rings. The maximum absolute atomic E-state index is 12.0. The Hall–Kier alpha value is -2.49. The lowest BCUT2D eigenvalue weighted by atomic mass is 10.2. The van der Waals surface area contributed by atoms with Gasteiger partial charge in [0.05, 0.1) is 10.6 Å². The summed E-state index contributed by atoms with van der Waals surface area (Å²) in [5, 5.41) is 11.2. The van der Waals surface area contributed by atoms with Gasteiger partial charge in [-0.05, 0) is 37.3 Å². The van der Waals surface area contributed by atoms with Crippen LogP contribution in [0.1, 0.15) is 12.5 Å². The molecule has 2 aromatic rings. The topological polar surface area (TPSA) is 79.2 Å². The van der Waals surface area contributed by atoms with Crippen LogP contribution in [0.2, 0.25) is 5.02 Å². The second kappa shape index (κ2) is 9.11. The minimum atomic E-state index is -0.481. The number of carbonyl (C=O) groups excluding carboxylic acids is 2. The molecule has 128 valence electrons. The number of amides is 1. The second-order valence-corrected chi connectivity index (χ2v) is 6.86. The van der Waals surface area contributed by atoms with Crippen molar-refractivity contribution >= 4 is 40.9 Å². The molecule has 0 saturated carbocycles. The smallest absolute Gasteiger partial charge is 0.319 e. The lowest BCUT2D eigenvalue weighted by Crippen LogP contribution is -2.24. The molecule has 1 amide bonds. The zero-order chi connectivity index (χ0) is 18.2. The summed E-state index contributed by atoms with van der Waals surface area (Å²) < 4.78 is 5.03. The molecule has 0 radical (unpaired) electrons. The van der Waals surface area contributed by atoms with E-state index in [0.717, 1.165) is 4.90 Å². The van der Waals surface area contributed by atoms with Crippen LogP contribution in [0.3, 0.4) is 0 Å². The number of carbonyl (C=O) groups is 2. The molecule has 0 unspecified atom stereocenters. The van der Waals surface area contributed by atoms with E-state index in [0.29, 0.717) is 11.3 Å². The molecule has 7 heteroatoms. The van der Waals surface area contributed by atoms with Crippen LogP contribution in [-0.4, -0.2) is 23.7 Å². The largest absolute Gasteiger partial charge is 0.455 e. The molecule has 0 aliphatic carbocycles. The predicted octanol–water partition coefficient (Wildman–Crippen LogP) is 3.87. The van der Waals surface area contributed by atoms with Crippen LogP contribution < -0.4 is 5.32 Å². The zero-order valence-corrected chi connectivity index (χ0v) is 14.9. The van der Waals surface area contributed by atoms with Crippen molar-refractivity contribution in [1.29, 1.82) is 5.26 Å². The number of hydrogen-bond donors (Lipinski definition) is 1. The number of hydrogen-bond acceptors (Lipinski definition) is 5. The van der Waals surface area contributed by atoms with Gasteiger partial charge in [-0.25, -0.2) is 0 Å². The van der Waals surface area contributed by atoms with Gasteiger partial charge in [0, 0.05) is 10.6 Å². The van der Waals surface area contributed by atoms with E-state index < -0.39 is 23.7 Å². The van der Waals surface area contributed by atoms with Gasteiger partial charge in [-0.1, -0.05) is 29.8 Å². The highest BCUT2D eigenvalue weighted by molar-refractivity contribution is 8.00. The van der Waals surface area contributed by atoms with Gasteiger partial charge in [0.15, 0.2) is 6.61 Å². The standard InChI is InChI=1S/C18H15ClN2O3S/c1-12(25-15-5-3-2-4-6-15)18(23)24-11-17(22)21-14-8-7-13(10-20)16(19)9-14/h2-9,12H,11H2,1H3,(H,21,22)/t12-/m0/s1. The number of rotatable bonds is 6. The molecule has 1 atom stereocenters. The van der Waals surface area contributed by atoms with Crippen molar-refractivity contribution in [3.05, 3.63) is 59.1 Å². The lowest BCUT2D eigenvalue weighted by molar-refractivity contribution is -0.146. The molecule has 0 spiro atoms. The van der Waals surface area contributed by atoms with E-state index in [1.807, 2.05) is 36.4 Å². The number of nitriles is 1. The quantitative estimate of drug-likeness (QED) is 0.613. The Labute approximate surface area is 154 Å². The van der Waals surface area contributed by atoms with Gasteiger partial charge in [-0.15, -0.1) is 11.8 Å². The molecule has 0 aliphatic heterocycles. The monoisotopic (exact) mass is 374 g/mol. The predicted molar refractivity (Wildman–Crippen MR) is 97.5 cm³/mol. The van der Waals surface area contributed by atoms with Gasteiger partial charge in [0.2, 0.25) is 0 Å². The molecule has 0 saturated heterocycles. The van der Waals surface area contributed by atoms with E-state index in [1.165, 1.54) is 23.9 Å². The third-order valence-corrected chi connectivity index (χ3v) is 4.51. The molecule has 0 heterocycles. The first-order valence-electron chi connectivity index (χ1n) is 7.37. The van der Waals surface area contributed by atoms with E-state index in [2.05, 4.69) is 5.32 Å². The average Bonchev–Trinajstić information content (AvgIpc) is 2.60. The molecule has 2 aromatic carbocycles. The Bertz CT molecular complexity index is 806. The van der Waals surface area contributed by atoms with Crippen molar-refractivity contribution < 1.29 is 14.3 Å². The van der Waals surface area contributed by atoms with Gasteiger partial charge in [-0.3, -0.25) is 9.59 Å². The van der Waals surface area contributed by atoms with Crippen LogP contribution >= 0.6 is 23.4 Å². The molecule has 0 bridgehead atoms. The van der Waals surface area contributed by atoms with Crippen molar-refractivity contribution in [3.63, 3.8) is 0 Å². The molecule has 1 N–H and O–H groups in total. The van der Waals surface area contributed by atoms with Gasteiger partial charge in [-0.2, -0.15) is 5.26 Å².